The molecule has 1 N–H and O–H groups in total. The predicted molar refractivity (Wildman–Crippen MR) is 113 cm³/mol. The van der Waals surface area contributed by atoms with Crippen molar-refractivity contribution in [2.24, 2.45) is 11.8 Å². The molecule has 29 heavy (non-hydrogen) atoms. The zero-order valence-electron chi connectivity index (χ0n) is 18.4. The summed E-state index contributed by atoms with van der Waals surface area (Å²) in [6.07, 6.45) is 1.66. The van der Waals surface area contributed by atoms with Gasteiger partial charge >= 0.3 is 0 Å². The summed E-state index contributed by atoms with van der Waals surface area (Å²) in [6, 6.07) is 7.64. The molecule has 0 fully saturated rings. The highest BCUT2D eigenvalue weighted by Crippen LogP contribution is 2.40. The normalized spacial score (nSPS) is 12.8. The lowest BCUT2D eigenvalue weighted by Gasteiger charge is -2.22. The molecule has 2 rings (SSSR count). The van der Waals surface area contributed by atoms with E-state index in [-0.39, 0.29) is 5.75 Å². The molecule has 0 aliphatic carbocycles. The molecule has 0 aliphatic rings. The van der Waals surface area contributed by atoms with Gasteiger partial charge in [0.05, 0.1) is 35.5 Å². The van der Waals surface area contributed by atoms with Crippen LogP contribution in [0.2, 0.25) is 0 Å². The summed E-state index contributed by atoms with van der Waals surface area (Å²) in [5, 5.41) is 10.2. The fourth-order valence-corrected chi connectivity index (χ4v) is 3.52. The molecule has 2 aromatic rings. The van der Waals surface area contributed by atoms with Crippen LogP contribution in [0.1, 0.15) is 25.0 Å². The van der Waals surface area contributed by atoms with E-state index < -0.39 is 0 Å². The molecule has 0 spiro atoms. The van der Waals surface area contributed by atoms with Gasteiger partial charge in [-0.1, -0.05) is 13.8 Å². The maximum Gasteiger partial charge on any atom is 0.203 e. The molecule has 0 saturated carbocycles. The van der Waals surface area contributed by atoms with Gasteiger partial charge in [-0.25, -0.2) is 0 Å². The van der Waals surface area contributed by atoms with Crippen molar-refractivity contribution in [1.82, 2.24) is 0 Å². The first kappa shape index (κ1) is 22.5. The van der Waals surface area contributed by atoms with Crippen molar-refractivity contribution in [2.75, 3.05) is 35.5 Å². The van der Waals surface area contributed by atoms with E-state index in [0.29, 0.717) is 40.6 Å². The predicted octanol–water partition coefficient (Wildman–Crippen LogP) is 4.49. The van der Waals surface area contributed by atoms with E-state index >= 15 is 0 Å². The van der Waals surface area contributed by atoms with Crippen molar-refractivity contribution in [2.45, 2.75) is 26.7 Å². The van der Waals surface area contributed by atoms with Gasteiger partial charge in [0.25, 0.3) is 0 Å². The quantitative estimate of drug-likeness (QED) is 0.629. The van der Waals surface area contributed by atoms with Crippen LogP contribution in [0.3, 0.4) is 0 Å². The van der Waals surface area contributed by atoms with Crippen molar-refractivity contribution in [3.63, 3.8) is 0 Å². The lowest BCUT2D eigenvalue weighted by atomic mass is 9.85. The number of aromatic hydroxyl groups is 1. The zero-order chi connectivity index (χ0) is 21.6. The molecule has 0 unspecified atom stereocenters. The maximum atomic E-state index is 10.2. The molecular weight excluding hydrogens is 372 g/mol. The first-order valence-electron chi connectivity index (χ1n) is 9.61. The number of rotatable bonds is 10. The Hall–Kier alpha value is -2.76. The molecule has 0 saturated heterocycles. The first-order valence-corrected chi connectivity index (χ1v) is 9.61. The first-order chi connectivity index (χ1) is 13.9. The summed E-state index contributed by atoms with van der Waals surface area (Å²) in [6.45, 7) is 4.42. The van der Waals surface area contributed by atoms with Crippen molar-refractivity contribution >= 4 is 0 Å². The molecule has 6 heteroatoms. The number of ether oxygens (including phenoxy) is 5. The fraction of sp³-hybridized carbons (Fsp3) is 0.478. The van der Waals surface area contributed by atoms with Crippen LogP contribution in [0.25, 0.3) is 0 Å². The van der Waals surface area contributed by atoms with E-state index in [2.05, 4.69) is 13.8 Å². The van der Waals surface area contributed by atoms with Gasteiger partial charge in [-0.05, 0) is 60.1 Å². The Kier molecular flexibility index (Phi) is 7.88. The van der Waals surface area contributed by atoms with Crippen molar-refractivity contribution in [1.29, 1.82) is 0 Å². The highest BCUT2D eigenvalue weighted by atomic mass is 16.5. The number of methoxy groups -OCH3 is 5. The third-order valence-corrected chi connectivity index (χ3v) is 5.33. The summed E-state index contributed by atoms with van der Waals surface area (Å²) >= 11 is 0. The lowest BCUT2D eigenvalue weighted by Crippen LogP contribution is -2.14. The second-order valence-electron chi connectivity index (χ2n) is 7.25. The van der Waals surface area contributed by atoms with Crippen LogP contribution in [-0.4, -0.2) is 40.7 Å². The molecular formula is C23H32O6. The van der Waals surface area contributed by atoms with E-state index in [9.17, 15) is 5.11 Å². The van der Waals surface area contributed by atoms with Crippen LogP contribution in [0.15, 0.2) is 24.3 Å². The molecule has 2 aromatic carbocycles. The largest absolute Gasteiger partial charge is 0.504 e. The smallest absolute Gasteiger partial charge is 0.203 e. The minimum atomic E-state index is 0.0892. The summed E-state index contributed by atoms with van der Waals surface area (Å²) in [7, 11) is 7.92. The van der Waals surface area contributed by atoms with Gasteiger partial charge in [-0.2, -0.15) is 0 Å². The lowest BCUT2D eigenvalue weighted by molar-refractivity contribution is 0.322. The Bertz CT molecular complexity index is 792. The average molecular weight is 405 g/mol. The number of hydrogen-bond acceptors (Lipinski definition) is 6. The number of benzene rings is 2. The van der Waals surface area contributed by atoms with Gasteiger partial charge in [0.15, 0.2) is 23.0 Å². The van der Waals surface area contributed by atoms with E-state index in [1.165, 1.54) is 7.11 Å². The van der Waals surface area contributed by atoms with Gasteiger partial charge in [0.2, 0.25) is 11.5 Å². The van der Waals surface area contributed by atoms with E-state index in [0.717, 1.165) is 24.0 Å². The van der Waals surface area contributed by atoms with E-state index in [1.807, 2.05) is 18.2 Å². The molecule has 0 amide bonds. The van der Waals surface area contributed by atoms with Gasteiger partial charge < -0.3 is 28.8 Å². The fourth-order valence-electron chi connectivity index (χ4n) is 3.52. The SMILES string of the molecule is COc1cc(C[C@H](C)[C@H](C)Cc2cc(OC)c(OC)c(OC)c2)cc(O)c1OC. The third-order valence-electron chi connectivity index (χ3n) is 5.33. The Balaban J connectivity index is 2.17. The molecule has 160 valence electrons. The summed E-state index contributed by atoms with van der Waals surface area (Å²) in [5.74, 6) is 3.64. The Morgan fingerprint density at radius 1 is 0.621 bits per heavy atom. The minimum Gasteiger partial charge on any atom is -0.504 e. The molecule has 0 bridgehead atoms. The summed E-state index contributed by atoms with van der Waals surface area (Å²) in [4.78, 5) is 0. The second-order valence-corrected chi connectivity index (χ2v) is 7.25. The van der Waals surface area contributed by atoms with E-state index in [4.69, 9.17) is 23.7 Å². The van der Waals surface area contributed by atoms with Crippen molar-refractivity contribution < 1.29 is 28.8 Å². The van der Waals surface area contributed by atoms with Gasteiger partial charge in [-0.15, -0.1) is 0 Å². The molecule has 6 nitrogen and oxygen atoms in total. The Morgan fingerprint density at radius 3 is 1.38 bits per heavy atom. The standard InChI is InChI=1S/C23H32O6/c1-14(8-16-10-18(24)22(28-6)19(11-16)25-3)15(2)9-17-12-20(26-4)23(29-7)21(13-17)27-5/h10-15,24H,8-9H2,1-7H3/t14-,15+/m0/s1. The summed E-state index contributed by atoms with van der Waals surface area (Å²) < 4.78 is 26.9. The second kappa shape index (κ2) is 10.1. The highest BCUT2D eigenvalue weighted by molar-refractivity contribution is 5.54. The van der Waals surface area contributed by atoms with Crippen molar-refractivity contribution in [3.8, 4) is 34.5 Å². The van der Waals surface area contributed by atoms with Crippen LogP contribution < -0.4 is 23.7 Å². The Labute approximate surface area is 173 Å². The molecule has 0 radical (unpaired) electrons. The minimum absolute atomic E-state index is 0.0892. The van der Waals surface area contributed by atoms with Crippen molar-refractivity contribution in [3.05, 3.63) is 35.4 Å². The number of phenolic OH excluding ortho intramolecular Hbond substituents is 1. The molecule has 0 heterocycles. The number of phenols is 1. The molecule has 2 atom stereocenters. The van der Waals surface area contributed by atoms with Crippen LogP contribution in [0, 0.1) is 11.8 Å². The van der Waals surface area contributed by atoms with Crippen LogP contribution in [-0.2, 0) is 12.8 Å². The summed E-state index contributed by atoms with van der Waals surface area (Å²) in [5.41, 5.74) is 2.12. The van der Waals surface area contributed by atoms with Crippen LogP contribution >= 0.6 is 0 Å². The highest BCUT2D eigenvalue weighted by Gasteiger charge is 2.19. The third kappa shape index (κ3) is 5.19. The van der Waals surface area contributed by atoms with Gasteiger partial charge in [0.1, 0.15) is 0 Å². The Morgan fingerprint density at radius 2 is 1.00 bits per heavy atom. The zero-order valence-corrected chi connectivity index (χ0v) is 18.4. The van der Waals surface area contributed by atoms with Gasteiger partial charge in [-0.3, -0.25) is 0 Å². The maximum absolute atomic E-state index is 10.2. The molecule has 0 aromatic heterocycles. The average Bonchev–Trinajstić information content (AvgIpc) is 2.72. The monoisotopic (exact) mass is 404 g/mol. The number of hydrogen-bond donors (Lipinski definition) is 1. The van der Waals surface area contributed by atoms with Gasteiger partial charge in [0, 0.05) is 0 Å². The van der Waals surface area contributed by atoms with Crippen LogP contribution in [0.5, 0.6) is 34.5 Å². The van der Waals surface area contributed by atoms with Crippen LogP contribution in [0.4, 0.5) is 0 Å². The van der Waals surface area contributed by atoms with E-state index in [1.54, 1.807) is 34.5 Å². The topological polar surface area (TPSA) is 66.4 Å². The molecule has 0 aliphatic heterocycles.